The number of nitrogens with zero attached hydrogens (tertiary/aromatic N) is 5. The monoisotopic (exact) mass is 867 g/mol. The third-order valence-electron chi connectivity index (χ3n) is 13.2. The average molecular weight is 868 g/mol. The fourth-order valence-electron chi connectivity index (χ4n) is 9.87. The Morgan fingerprint density at radius 1 is 0.206 bits per heavy atom. The van der Waals surface area contributed by atoms with Crippen molar-refractivity contribution in [1.82, 2.24) is 24.1 Å². The lowest BCUT2D eigenvalue weighted by molar-refractivity contribution is 1.07. The zero-order valence-electron chi connectivity index (χ0n) is 36.9. The molecule has 318 valence electrons. The fraction of sp³-hybridized carbons (Fsp3) is 0. The molecular formula is C63H41N5. The Morgan fingerprint density at radius 2 is 0.603 bits per heavy atom. The van der Waals surface area contributed by atoms with Crippen LogP contribution in [-0.2, 0) is 0 Å². The maximum Gasteiger partial charge on any atom is 0.164 e. The van der Waals surface area contributed by atoms with Crippen molar-refractivity contribution in [2.45, 2.75) is 0 Å². The Kier molecular flexibility index (Phi) is 9.43. The fourth-order valence-corrected chi connectivity index (χ4v) is 9.87. The molecule has 0 fully saturated rings. The summed E-state index contributed by atoms with van der Waals surface area (Å²) in [4.78, 5) is 15.0. The van der Waals surface area contributed by atoms with E-state index >= 15 is 0 Å². The van der Waals surface area contributed by atoms with Gasteiger partial charge in [-0.05, 0) is 88.0 Å². The summed E-state index contributed by atoms with van der Waals surface area (Å²) in [5.41, 5.74) is 16.7. The maximum atomic E-state index is 5.05. The zero-order valence-corrected chi connectivity index (χ0v) is 36.9. The number of benzene rings is 10. The molecular weight excluding hydrogens is 827 g/mol. The summed E-state index contributed by atoms with van der Waals surface area (Å²) in [5.74, 6) is 1.91. The van der Waals surface area contributed by atoms with Crippen molar-refractivity contribution < 1.29 is 0 Å². The van der Waals surface area contributed by atoms with Gasteiger partial charge in [-0.1, -0.05) is 194 Å². The largest absolute Gasteiger partial charge is 0.309 e. The topological polar surface area (TPSA) is 48.5 Å². The molecule has 0 N–H and O–H groups in total. The van der Waals surface area contributed by atoms with E-state index in [0.29, 0.717) is 17.5 Å². The van der Waals surface area contributed by atoms with Crippen molar-refractivity contribution >= 4 is 43.6 Å². The smallest absolute Gasteiger partial charge is 0.164 e. The van der Waals surface area contributed by atoms with E-state index in [2.05, 4.69) is 197 Å². The van der Waals surface area contributed by atoms with E-state index in [9.17, 15) is 0 Å². The van der Waals surface area contributed by atoms with E-state index in [1.165, 1.54) is 54.8 Å². The van der Waals surface area contributed by atoms with Crippen LogP contribution in [0.1, 0.15) is 0 Å². The summed E-state index contributed by atoms with van der Waals surface area (Å²) in [6, 6.07) is 88.4. The quantitative estimate of drug-likeness (QED) is 0.153. The van der Waals surface area contributed by atoms with Gasteiger partial charge in [-0.2, -0.15) is 0 Å². The van der Waals surface area contributed by atoms with E-state index in [-0.39, 0.29) is 0 Å². The Balaban J connectivity index is 0.888. The predicted octanol–water partition coefficient (Wildman–Crippen LogP) is 16.1. The van der Waals surface area contributed by atoms with Gasteiger partial charge in [0.1, 0.15) is 0 Å². The minimum atomic E-state index is 0.625. The highest BCUT2D eigenvalue weighted by molar-refractivity contribution is 6.12. The molecule has 0 saturated heterocycles. The Morgan fingerprint density at radius 3 is 1.21 bits per heavy atom. The normalized spacial score (nSPS) is 11.5. The molecule has 0 saturated carbocycles. The first kappa shape index (κ1) is 39.2. The second kappa shape index (κ2) is 16.4. The van der Waals surface area contributed by atoms with E-state index in [1.807, 2.05) is 60.7 Å². The first-order chi connectivity index (χ1) is 33.7. The van der Waals surface area contributed by atoms with E-state index < -0.39 is 0 Å². The highest BCUT2D eigenvalue weighted by Gasteiger charge is 2.18. The molecule has 13 rings (SSSR count). The van der Waals surface area contributed by atoms with Gasteiger partial charge in [0.2, 0.25) is 0 Å². The van der Waals surface area contributed by atoms with Crippen LogP contribution in [0.4, 0.5) is 0 Å². The van der Waals surface area contributed by atoms with Crippen molar-refractivity contribution in [2.75, 3.05) is 0 Å². The van der Waals surface area contributed by atoms with Gasteiger partial charge in [-0.25, -0.2) is 15.0 Å². The van der Waals surface area contributed by atoms with Gasteiger partial charge in [-0.15, -0.1) is 0 Å². The Hall–Kier alpha value is -9.19. The Labute approximate surface area is 393 Å². The molecule has 0 radical (unpaired) electrons. The summed E-state index contributed by atoms with van der Waals surface area (Å²) in [7, 11) is 0. The number of hydrogen-bond acceptors (Lipinski definition) is 3. The van der Waals surface area contributed by atoms with E-state index in [0.717, 1.165) is 50.2 Å². The molecule has 0 amide bonds. The summed E-state index contributed by atoms with van der Waals surface area (Å²) in [5, 5.41) is 4.85. The third-order valence-corrected chi connectivity index (χ3v) is 13.2. The molecule has 0 spiro atoms. The van der Waals surface area contributed by atoms with Crippen LogP contribution in [0.5, 0.6) is 0 Å². The second-order valence-corrected chi connectivity index (χ2v) is 17.2. The number of aromatic nitrogens is 5. The maximum absolute atomic E-state index is 5.05. The third kappa shape index (κ3) is 6.84. The number of rotatable bonds is 8. The van der Waals surface area contributed by atoms with Gasteiger partial charge in [0.05, 0.1) is 22.1 Å². The van der Waals surface area contributed by atoms with Crippen molar-refractivity contribution in [3.63, 3.8) is 0 Å². The lowest BCUT2D eigenvalue weighted by Crippen LogP contribution is -2.01. The molecule has 0 aliphatic heterocycles. The first-order valence-electron chi connectivity index (χ1n) is 23.0. The number of hydrogen-bond donors (Lipinski definition) is 0. The second-order valence-electron chi connectivity index (χ2n) is 17.2. The lowest BCUT2D eigenvalue weighted by Gasteiger charge is -2.12. The van der Waals surface area contributed by atoms with Gasteiger partial charge in [0, 0.05) is 49.6 Å². The van der Waals surface area contributed by atoms with Crippen LogP contribution in [0.2, 0.25) is 0 Å². The standard InChI is InChI=1S/C63H41N5/c1-4-15-42(16-5-1)43-27-29-44(30-28-43)45-31-35-51(36-32-45)67-57-25-12-10-23-53(57)55-37-33-49(41-60(55)67)48-34-38-59-56(40-48)54-24-11-13-26-58(54)68(59)52-22-14-21-50(39-52)63-65-61(46-17-6-2-7-18-46)64-62(66-63)47-19-8-3-9-20-47/h1-41H. The van der Waals surface area contributed by atoms with Crippen molar-refractivity contribution in [3.8, 4) is 78.9 Å². The van der Waals surface area contributed by atoms with Crippen molar-refractivity contribution in [2.24, 2.45) is 0 Å². The predicted molar refractivity (Wildman–Crippen MR) is 281 cm³/mol. The molecule has 0 bridgehead atoms. The molecule has 13 aromatic rings. The lowest BCUT2D eigenvalue weighted by atomic mass is 10.00. The van der Waals surface area contributed by atoms with Gasteiger partial charge in [0.25, 0.3) is 0 Å². The number of para-hydroxylation sites is 2. The minimum Gasteiger partial charge on any atom is -0.309 e. The van der Waals surface area contributed by atoms with Crippen LogP contribution in [0.15, 0.2) is 249 Å². The van der Waals surface area contributed by atoms with Crippen LogP contribution in [0.25, 0.3) is 123 Å². The summed E-state index contributed by atoms with van der Waals surface area (Å²) in [6.07, 6.45) is 0. The molecule has 10 aromatic carbocycles. The van der Waals surface area contributed by atoms with Crippen LogP contribution in [0, 0.1) is 0 Å². The average Bonchev–Trinajstić information content (AvgIpc) is 3.94. The van der Waals surface area contributed by atoms with E-state index in [1.54, 1.807) is 0 Å². The first-order valence-corrected chi connectivity index (χ1v) is 23.0. The van der Waals surface area contributed by atoms with Crippen LogP contribution in [-0.4, -0.2) is 24.1 Å². The van der Waals surface area contributed by atoms with Crippen LogP contribution >= 0.6 is 0 Å². The summed E-state index contributed by atoms with van der Waals surface area (Å²) >= 11 is 0. The molecule has 3 aromatic heterocycles. The summed E-state index contributed by atoms with van der Waals surface area (Å²) in [6.45, 7) is 0. The van der Waals surface area contributed by atoms with Gasteiger partial charge < -0.3 is 9.13 Å². The van der Waals surface area contributed by atoms with Crippen molar-refractivity contribution in [1.29, 1.82) is 0 Å². The minimum absolute atomic E-state index is 0.625. The SMILES string of the molecule is c1ccc(-c2ccc(-c3ccc(-n4c5ccccc5c5ccc(-c6ccc7c(c6)c6ccccc6n7-c6cccc(-c7nc(-c8ccccc8)nc(-c8ccccc8)n7)c6)cc54)cc3)cc2)cc1. The van der Waals surface area contributed by atoms with Gasteiger partial charge in [0.15, 0.2) is 17.5 Å². The molecule has 68 heavy (non-hydrogen) atoms. The van der Waals surface area contributed by atoms with Crippen molar-refractivity contribution in [3.05, 3.63) is 249 Å². The molecule has 5 heteroatoms. The highest BCUT2D eigenvalue weighted by Crippen LogP contribution is 2.39. The highest BCUT2D eigenvalue weighted by atomic mass is 15.0. The summed E-state index contributed by atoms with van der Waals surface area (Å²) < 4.78 is 4.77. The van der Waals surface area contributed by atoms with E-state index in [4.69, 9.17) is 15.0 Å². The zero-order chi connectivity index (χ0) is 45.0. The molecule has 0 atom stereocenters. The van der Waals surface area contributed by atoms with Gasteiger partial charge >= 0.3 is 0 Å². The van der Waals surface area contributed by atoms with Gasteiger partial charge in [-0.3, -0.25) is 0 Å². The van der Waals surface area contributed by atoms with Crippen LogP contribution in [0.3, 0.4) is 0 Å². The number of fused-ring (bicyclic) bond motifs is 6. The van der Waals surface area contributed by atoms with Crippen LogP contribution < -0.4 is 0 Å². The molecule has 0 aliphatic carbocycles. The molecule has 5 nitrogen and oxygen atoms in total. The molecule has 3 heterocycles. The molecule has 0 unspecified atom stereocenters. The Bertz CT molecular complexity index is 3930. The molecule has 0 aliphatic rings.